The lowest BCUT2D eigenvalue weighted by Gasteiger charge is -1.93. The highest BCUT2D eigenvalue weighted by Gasteiger charge is 2.03. The molecule has 4 heteroatoms. The number of hydrogen-bond acceptors (Lipinski definition) is 4. The molecule has 0 amide bonds. The van der Waals surface area contributed by atoms with E-state index in [0.29, 0.717) is 13.2 Å². The summed E-state index contributed by atoms with van der Waals surface area (Å²) in [5, 5.41) is 0. The molecule has 0 unspecified atom stereocenters. The first-order valence-electron chi connectivity index (χ1n) is 5.86. The molecule has 0 aromatic heterocycles. The molecule has 94 valence electrons. The van der Waals surface area contributed by atoms with Gasteiger partial charge >= 0.3 is 11.9 Å². The Morgan fingerprint density at radius 3 is 2.59 bits per heavy atom. The van der Waals surface area contributed by atoms with Crippen LogP contribution in [0.3, 0.4) is 0 Å². The summed E-state index contributed by atoms with van der Waals surface area (Å²) in [4.78, 5) is 21.0. The van der Waals surface area contributed by atoms with Gasteiger partial charge in [-0.05, 0) is 32.6 Å². The summed E-state index contributed by atoms with van der Waals surface area (Å²) in [5.41, 5.74) is 1.12. The third kappa shape index (κ3) is 6.56. The molecular formula is C13H18O4. The maximum absolute atomic E-state index is 10.6. The number of carbonyl (C=O) groups is 2. The van der Waals surface area contributed by atoms with Crippen LogP contribution in [-0.2, 0) is 19.1 Å². The Morgan fingerprint density at radius 1 is 1.06 bits per heavy atom. The minimum absolute atomic E-state index is 0.190. The van der Waals surface area contributed by atoms with E-state index in [9.17, 15) is 9.59 Å². The van der Waals surface area contributed by atoms with Gasteiger partial charge in [0.05, 0.1) is 13.2 Å². The summed E-state index contributed by atoms with van der Waals surface area (Å²) in [6, 6.07) is 0. The minimum Gasteiger partial charge on any atom is -0.463 e. The van der Waals surface area contributed by atoms with Crippen molar-refractivity contribution in [2.75, 3.05) is 13.2 Å². The van der Waals surface area contributed by atoms with Crippen molar-refractivity contribution in [2.24, 2.45) is 0 Å². The van der Waals surface area contributed by atoms with Crippen molar-refractivity contribution in [2.45, 2.75) is 32.6 Å². The zero-order valence-corrected chi connectivity index (χ0v) is 10.1. The molecule has 0 bridgehead atoms. The normalized spacial score (nSPS) is 19.9. The lowest BCUT2D eigenvalue weighted by atomic mass is 10.2. The molecule has 4 nitrogen and oxygen atoms in total. The number of allylic oxidation sites excluding steroid dienone is 2. The fraction of sp³-hybridized carbons (Fsp3) is 0.538. The van der Waals surface area contributed by atoms with Crippen LogP contribution in [0.15, 0.2) is 23.8 Å². The van der Waals surface area contributed by atoms with Crippen molar-refractivity contribution in [1.82, 2.24) is 0 Å². The summed E-state index contributed by atoms with van der Waals surface area (Å²) in [6.45, 7) is 3.10. The highest BCUT2D eigenvalue weighted by atomic mass is 16.5. The molecule has 0 saturated carbocycles. The molecule has 0 atom stereocenters. The third-order valence-electron chi connectivity index (χ3n) is 2.34. The topological polar surface area (TPSA) is 52.6 Å². The molecule has 2 aliphatic heterocycles. The third-order valence-corrected chi connectivity index (χ3v) is 2.34. The van der Waals surface area contributed by atoms with E-state index in [-0.39, 0.29) is 11.9 Å². The molecule has 0 N–H and O–H groups in total. The summed E-state index contributed by atoms with van der Waals surface area (Å²) in [5.74, 6) is -0.396. The number of ether oxygens (including phenoxy) is 2. The summed E-state index contributed by atoms with van der Waals surface area (Å²) in [7, 11) is 0. The van der Waals surface area contributed by atoms with E-state index in [0.717, 1.165) is 31.3 Å². The summed E-state index contributed by atoms with van der Waals surface area (Å²) < 4.78 is 9.43. The average Bonchev–Trinajstić information content (AvgIpc) is 2.62. The molecule has 17 heavy (non-hydrogen) atoms. The van der Waals surface area contributed by atoms with E-state index in [1.54, 1.807) is 6.08 Å². The Kier molecular flexibility index (Phi) is 6.07. The van der Waals surface area contributed by atoms with Crippen LogP contribution in [0.4, 0.5) is 0 Å². The van der Waals surface area contributed by atoms with Gasteiger partial charge in [0.25, 0.3) is 0 Å². The number of carbonyl (C=O) groups excluding carboxylic acids is 2. The maximum atomic E-state index is 10.6. The van der Waals surface area contributed by atoms with Crippen LogP contribution in [0.1, 0.15) is 32.6 Å². The van der Waals surface area contributed by atoms with E-state index >= 15 is 0 Å². The first kappa shape index (κ1) is 13.5. The molecule has 0 aliphatic carbocycles. The number of cyclic esters (lactones) is 2. The van der Waals surface area contributed by atoms with Crippen molar-refractivity contribution in [3.05, 3.63) is 23.8 Å². The van der Waals surface area contributed by atoms with Crippen molar-refractivity contribution in [3.8, 4) is 0 Å². The van der Waals surface area contributed by atoms with Gasteiger partial charge in [-0.3, -0.25) is 0 Å². The maximum Gasteiger partial charge on any atom is 0.330 e. The monoisotopic (exact) mass is 238 g/mol. The molecule has 0 saturated heterocycles. The van der Waals surface area contributed by atoms with E-state index in [1.807, 2.05) is 13.0 Å². The van der Waals surface area contributed by atoms with Gasteiger partial charge in [-0.25, -0.2) is 9.59 Å². The van der Waals surface area contributed by atoms with Crippen LogP contribution in [0.25, 0.3) is 0 Å². The first-order valence-corrected chi connectivity index (χ1v) is 5.86. The molecule has 2 rings (SSSR count). The first-order chi connectivity index (χ1) is 8.18. The largest absolute Gasteiger partial charge is 0.463 e. The lowest BCUT2D eigenvalue weighted by molar-refractivity contribution is -0.138. The van der Waals surface area contributed by atoms with Gasteiger partial charge in [-0.15, -0.1) is 0 Å². The van der Waals surface area contributed by atoms with Crippen molar-refractivity contribution in [1.29, 1.82) is 0 Å². The van der Waals surface area contributed by atoms with Gasteiger partial charge in [0.2, 0.25) is 0 Å². The smallest absolute Gasteiger partial charge is 0.330 e. The van der Waals surface area contributed by atoms with Gasteiger partial charge in [0, 0.05) is 12.2 Å². The number of rotatable bonds is 0. The molecular weight excluding hydrogens is 220 g/mol. The Hall–Kier alpha value is -1.58. The molecule has 2 heterocycles. The molecule has 0 aromatic carbocycles. The summed E-state index contributed by atoms with van der Waals surface area (Å²) in [6.07, 6.45) is 8.77. The van der Waals surface area contributed by atoms with Gasteiger partial charge < -0.3 is 9.47 Å². The second kappa shape index (κ2) is 7.65. The highest BCUT2D eigenvalue weighted by molar-refractivity contribution is 5.83. The molecule has 2 aliphatic rings. The fourth-order valence-electron chi connectivity index (χ4n) is 1.44. The Morgan fingerprint density at radius 2 is 1.76 bits per heavy atom. The van der Waals surface area contributed by atoms with E-state index in [4.69, 9.17) is 4.74 Å². The highest BCUT2D eigenvalue weighted by Crippen LogP contribution is 2.07. The van der Waals surface area contributed by atoms with Crippen LogP contribution in [0.5, 0.6) is 0 Å². The fourth-order valence-corrected chi connectivity index (χ4v) is 1.44. The Bertz CT molecular complexity index is 328. The zero-order valence-electron chi connectivity index (χ0n) is 10.1. The standard InChI is InChI=1S/C7H10O2.C6H8O2/c1-6-3-2-4-9-7(8)5-6;7-6-4-2-1-3-5-8-6/h5H,2-4H2,1H3;2,4H,1,3,5H2. The Labute approximate surface area is 101 Å². The SMILES string of the molecule is CC1=CC(=O)OCCC1.O=C1C=CCCCO1. The average molecular weight is 238 g/mol. The van der Waals surface area contributed by atoms with Gasteiger partial charge in [-0.2, -0.15) is 0 Å². The molecule has 0 fully saturated rings. The van der Waals surface area contributed by atoms with Crippen LogP contribution < -0.4 is 0 Å². The quantitative estimate of drug-likeness (QED) is 0.607. The van der Waals surface area contributed by atoms with Gasteiger partial charge in [0.1, 0.15) is 0 Å². The van der Waals surface area contributed by atoms with Crippen LogP contribution in [0, 0.1) is 0 Å². The molecule has 0 spiro atoms. The second-order valence-corrected chi connectivity index (χ2v) is 3.97. The minimum atomic E-state index is -0.206. The van der Waals surface area contributed by atoms with Crippen LogP contribution in [0.2, 0.25) is 0 Å². The number of esters is 2. The lowest BCUT2D eigenvalue weighted by Crippen LogP contribution is -1.98. The van der Waals surface area contributed by atoms with Crippen molar-refractivity contribution >= 4 is 11.9 Å². The predicted octanol–water partition coefficient (Wildman–Crippen LogP) is 2.15. The molecule has 0 radical (unpaired) electrons. The van der Waals surface area contributed by atoms with Gasteiger partial charge in [-0.1, -0.05) is 11.6 Å². The zero-order chi connectivity index (χ0) is 12.5. The van der Waals surface area contributed by atoms with E-state index in [2.05, 4.69) is 4.74 Å². The van der Waals surface area contributed by atoms with Crippen molar-refractivity contribution in [3.63, 3.8) is 0 Å². The van der Waals surface area contributed by atoms with Crippen LogP contribution in [-0.4, -0.2) is 25.2 Å². The van der Waals surface area contributed by atoms with Gasteiger partial charge in [0.15, 0.2) is 0 Å². The second-order valence-electron chi connectivity index (χ2n) is 3.97. The Balaban J connectivity index is 0.000000171. The molecule has 0 aromatic rings. The predicted molar refractivity (Wildman–Crippen MR) is 63.3 cm³/mol. The van der Waals surface area contributed by atoms with E-state index < -0.39 is 0 Å². The van der Waals surface area contributed by atoms with Crippen molar-refractivity contribution < 1.29 is 19.1 Å². The van der Waals surface area contributed by atoms with E-state index in [1.165, 1.54) is 6.08 Å². The number of hydrogen-bond donors (Lipinski definition) is 0. The summed E-state index contributed by atoms with van der Waals surface area (Å²) >= 11 is 0. The van der Waals surface area contributed by atoms with Crippen LogP contribution >= 0.6 is 0 Å².